The van der Waals surface area contributed by atoms with E-state index in [0.29, 0.717) is 16.9 Å². The van der Waals surface area contributed by atoms with Crippen molar-refractivity contribution in [3.05, 3.63) is 23.0 Å². The number of nitrogens with one attached hydrogen (secondary N) is 1. The van der Waals surface area contributed by atoms with Gasteiger partial charge in [0.2, 0.25) is 0 Å². The first-order valence-corrected chi connectivity index (χ1v) is 7.92. The van der Waals surface area contributed by atoms with Crippen LogP contribution in [0.2, 0.25) is 0 Å². The van der Waals surface area contributed by atoms with Gasteiger partial charge in [-0.05, 0) is 48.6 Å². The summed E-state index contributed by atoms with van der Waals surface area (Å²) >= 11 is 0. The lowest BCUT2D eigenvalue weighted by Gasteiger charge is -2.45. The highest BCUT2D eigenvalue weighted by molar-refractivity contribution is 5.34. The Kier molecular flexibility index (Phi) is 4.22. The van der Waals surface area contributed by atoms with Gasteiger partial charge in [0, 0.05) is 25.3 Å². The molecular weight excluding hydrogens is 258 g/mol. The van der Waals surface area contributed by atoms with E-state index in [0.717, 1.165) is 12.2 Å². The molecule has 0 spiro atoms. The van der Waals surface area contributed by atoms with Crippen molar-refractivity contribution in [1.29, 1.82) is 5.26 Å². The first-order chi connectivity index (χ1) is 9.63. The van der Waals surface area contributed by atoms with Crippen molar-refractivity contribution in [3.8, 4) is 6.07 Å². The van der Waals surface area contributed by atoms with Crippen LogP contribution in [0.15, 0.2) is 6.07 Å². The summed E-state index contributed by atoms with van der Waals surface area (Å²) < 4.78 is 1.98. The zero-order valence-corrected chi connectivity index (χ0v) is 14.4. The second-order valence-electron chi connectivity index (χ2n) is 8.30. The lowest BCUT2D eigenvalue weighted by molar-refractivity contribution is 0.0844. The van der Waals surface area contributed by atoms with E-state index in [9.17, 15) is 0 Å². The van der Waals surface area contributed by atoms with Gasteiger partial charge in [-0.1, -0.05) is 27.7 Å². The molecule has 2 rings (SSSR count). The Bertz CT molecular complexity index is 542. The summed E-state index contributed by atoms with van der Waals surface area (Å²) in [6.45, 7) is 12.5. The first-order valence-electron chi connectivity index (χ1n) is 7.92. The summed E-state index contributed by atoms with van der Waals surface area (Å²) in [5, 5.41) is 12.9. The minimum atomic E-state index is 0.406. The van der Waals surface area contributed by atoms with E-state index in [4.69, 9.17) is 5.26 Å². The molecule has 0 aromatic carbocycles. The van der Waals surface area contributed by atoms with Crippen LogP contribution in [0.25, 0.3) is 0 Å². The molecule has 1 aliphatic rings. The maximum atomic E-state index is 9.12. The topological polar surface area (TPSA) is 40.8 Å². The summed E-state index contributed by atoms with van der Waals surface area (Å²) in [5.41, 5.74) is 3.99. The normalized spacial score (nSPS) is 21.2. The lowest BCUT2D eigenvalue weighted by Crippen LogP contribution is -2.43. The first kappa shape index (κ1) is 16.1. The third-order valence-corrected chi connectivity index (χ3v) is 4.89. The summed E-state index contributed by atoms with van der Waals surface area (Å²) in [6, 6.07) is 4.83. The quantitative estimate of drug-likeness (QED) is 0.916. The van der Waals surface area contributed by atoms with Crippen molar-refractivity contribution in [2.75, 3.05) is 0 Å². The molecule has 116 valence electrons. The minimum Gasteiger partial charge on any atom is -0.340 e. The van der Waals surface area contributed by atoms with E-state index >= 15 is 0 Å². The average Bonchev–Trinajstić information content (AvgIpc) is 2.60. The molecule has 3 heteroatoms. The van der Waals surface area contributed by atoms with E-state index in [1.165, 1.54) is 30.5 Å². The number of hydrogen-bond donors (Lipinski definition) is 1. The number of hydrogen-bond acceptors (Lipinski definition) is 2. The van der Waals surface area contributed by atoms with Gasteiger partial charge in [-0.15, -0.1) is 0 Å². The van der Waals surface area contributed by atoms with Crippen molar-refractivity contribution in [3.63, 3.8) is 0 Å². The molecule has 1 N–H and O–H groups in total. The fourth-order valence-electron chi connectivity index (χ4n) is 4.29. The van der Waals surface area contributed by atoms with Gasteiger partial charge < -0.3 is 9.88 Å². The van der Waals surface area contributed by atoms with Gasteiger partial charge in [-0.3, -0.25) is 0 Å². The SMILES string of the molecule is Cc1c(CNC2CC(C)(C)CC(C)(C)C2)cc(C#N)n1C. The molecule has 0 unspecified atom stereocenters. The van der Waals surface area contributed by atoms with Gasteiger partial charge in [-0.2, -0.15) is 5.26 Å². The van der Waals surface area contributed by atoms with Crippen LogP contribution in [-0.4, -0.2) is 10.6 Å². The van der Waals surface area contributed by atoms with Crippen LogP contribution in [0, 0.1) is 29.1 Å². The highest BCUT2D eigenvalue weighted by atomic mass is 15.0. The van der Waals surface area contributed by atoms with E-state index in [1.807, 2.05) is 17.7 Å². The van der Waals surface area contributed by atoms with Crippen molar-refractivity contribution >= 4 is 0 Å². The molecule has 0 aliphatic heterocycles. The van der Waals surface area contributed by atoms with Crippen LogP contribution in [0.1, 0.15) is 63.9 Å². The lowest BCUT2D eigenvalue weighted by atomic mass is 9.63. The van der Waals surface area contributed by atoms with Crippen molar-refractivity contribution in [1.82, 2.24) is 9.88 Å². The molecular formula is C18H29N3. The Labute approximate surface area is 129 Å². The van der Waals surface area contributed by atoms with Gasteiger partial charge >= 0.3 is 0 Å². The van der Waals surface area contributed by atoms with Gasteiger partial charge in [0.25, 0.3) is 0 Å². The Morgan fingerprint density at radius 1 is 1.29 bits per heavy atom. The Hall–Kier alpha value is -1.27. The molecule has 1 heterocycles. The zero-order chi connectivity index (χ0) is 15.8. The molecule has 0 radical (unpaired) electrons. The summed E-state index contributed by atoms with van der Waals surface area (Å²) in [4.78, 5) is 0. The maximum Gasteiger partial charge on any atom is 0.120 e. The van der Waals surface area contributed by atoms with Crippen LogP contribution < -0.4 is 5.32 Å². The van der Waals surface area contributed by atoms with Gasteiger partial charge in [0.05, 0.1) is 0 Å². The smallest absolute Gasteiger partial charge is 0.120 e. The highest BCUT2D eigenvalue weighted by Crippen LogP contribution is 2.45. The predicted molar refractivity (Wildman–Crippen MR) is 86.9 cm³/mol. The van der Waals surface area contributed by atoms with Crippen molar-refractivity contribution in [2.24, 2.45) is 17.9 Å². The third kappa shape index (κ3) is 3.68. The Morgan fingerprint density at radius 3 is 2.33 bits per heavy atom. The number of aromatic nitrogens is 1. The fourth-order valence-corrected chi connectivity index (χ4v) is 4.29. The minimum absolute atomic E-state index is 0.406. The Morgan fingerprint density at radius 2 is 1.86 bits per heavy atom. The van der Waals surface area contributed by atoms with Gasteiger partial charge in [-0.25, -0.2) is 0 Å². The fraction of sp³-hybridized carbons (Fsp3) is 0.722. The maximum absolute atomic E-state index is 9.12. The zero-order valence-electron chi connectivity index (χ0n) is 14.4. The second-order valence-corrected chi connectivity index (χ2v) is 8.30. The van der Waals surface area contributed by atoms with Gasteiger partial charge in [0.1, 0.15) is 11.8 Å². The molecule has 1 aromatic rings. The largest absolute Gasteiger partial charge is 0.340 e. The standard InChI is InChI=1S/C18H29N3/c1-13-14(7-16(10-19)21(13)6)11-20-15-8-17(2,3)12-18(4,5)9-15/h7,15,20H,8-9,11-12H2,1-6H3. The Balaban J connectivity index is 2.05. The average molecular weight is 287 g/mol. The second kappa shape index (κ2) is 5.50. The molecule has 21 heavy (non-hydrogen) atoms. The van der Waals surface area contributed by atoms with Crippen LogP contribution in [0.5, 0.6) is 0 Å². The molecule has 0 bridgehead atoms. The monoisotopic (exact) mass is 287 g/mol. The molecule has 1 aliphatic carbocycles. The van der Waals surface area contributed by atoms with Crippen molar-refractivity contribution < 1.29 is 0 Å². The van der Waals surface area contributed by atoms with Crippen LogP contribution >= 0.6 is 0 Å². The molecule has 0 amide bonds. The summed E-state index contributed by atoms with van der Waals surface area (Å²) in [6.07, 6.45) is 3.75. The molecule has 3 nitrogen and oxygen atoms in total. The number of nitrogens with zero attached hydrogens (tertiary/aromatic N) is 2. The van der Waals surface area contributed by atoms with Crippen molar-refractivity contribution in [2.45, 2.75) is 66.5 Å². The van der Waals surface area contributed by atoms with Crippen LogP contribution in [-0.2, 0) is 13.6 Å². The number of nitriles is 1. The molecule has 1 aromatic heterocycles. The highest BCUT2D eigenvalue weighted by Gasteiger charge is 2.38. The number of rotatable bonds is 3. The van der Waals surface area contributed by atoms with E-state index in [-0.39, 0.29) is 0 Å². The summed E-state index contributed by atoms with van der Waals surface area (Å²) in [7, 11) is 1.96. The molecule has 1 fully saturated rings. The van der Waals surface area contributed by atoms with E-state index in [1.54, 1.807) is 0 Å². The van der Waals surface area contributed by atoms with E-state index in [2.05, 4.69) is 46.0 Å². The van der Waals surface area contributed by atoms with Crippen LogP contribution in [0.4, 0.5) is 0 Å². The molecule has 0 atom stereocenters. The van der Waals surface area contributed by atoms with E-state index < -0.39 is 0 Å². The third-order valence-electron chi connectivity index (χ3n) is 4.89. The van der Waals surface area contributed by atoms with Crippen LogP contribution in [0.3, 0.4) is 0 Å². The summed E-state index contributed by atoms with van der Waals surface area (Å²) in [5.74, 6) is 0. The molecule has 0 saturated heterocycles. The van der Waals surface area contributed by atoms with Gasteiger partial charge in [0.15, 0.2) is 0 Å². The predicted octanol–water partition coefficient (Wildman–Crippen LogP) is 3.90. The molecule has 1 saturated carbocycles.